The molecule has 0 saturated carbocycles. The number of benzene rings is 2. The van der Waals surface area contributed by atoms with Crippen LogP contribution in [0.3, 0.4) is 0 Å². The predicted molar refractivity (Wildman–Crippen MR) is 117 cm³/mol. The molecule has 0 spiro atoms. The summed E-state index contributed by atoms with van der Waals surface area (Å²) >= 11 is 0. The van der Waals surface area contributed by atoms with Gasteiger partial charge in [-0.1, -0.05) is 24.3 Å². The van der Waals surface area contributed by atoms with Crippen molar-refractivity contribution in [1.29, 1.82) is 0 Å². The van der Waals surface area contributed by atoms with Crippen LogP contribution in [0, 0.1) is 10.1 Å². The van der Waals surface area contributed by atoms with Crippen molar-refractivity contribution in [3.63, 3.8) is 0 Å². The van der Waals surface area contributed by atoms with E-state index in [1.165, 1.54) is 0 Å². The van der Waals surface area contributed by atoms with Gasteiger partial charge in [-0.3, -0.25) is 15.0 Å². The van der Waals surface area contributed by atoms with Crippen LogP contribution in [0.15, 0.2) is 48.5 Å². The van der Waals surface area contributed by atoms with Crippen LogP contribution in [-0.4, -0.2) is 55.2 Å². The zero-order valence-corrected chi connectivity index (χ0v) is 17.4. The molecule has 0 bridgehead atoms. The lowest BCUT2D eigenvalue weighted by Crippen LogP contribution is -2.46. The minimum absolute atomic E-state index is 0.153. The summed E-state index contributed by atoms with van der Waals surface area (Å²) in [5, 5.41) is 11.2. The molecule has 1 saturated heterocycles. The number of hydrogen-bond acceptors (Lipinski definition) is 7. The predicted octanol–water partition coefficient (Wildman–Crippen LogP) is 3.17. The number of piperazine rings is 1. The van der Waals surface area contributed by atoms with Crippen molar-refractivity contribution < 1.29 is 19.2 Å². The summed E-state index contributed by atoms with van der Waals surface area (Å²) in [5.74, 6) is 0.779. The highest BCUT2D eigenvalue weighted by Crippen LogP contribution is 2.28. The van der Waals surface area contributed by atoms with Crippen LogP contribution < -0.4 is 15.4 Å². The summed E-state index contributed by atoms with van der Waals surface area (Å²) in [4.78, 5) is 26.0. The Morgan fingerprint density at radius 3 is 2.42 bits per heavy atom. The van der Waals surface area contributed by atoms with E-state index >= 15 is 0 Å². The van der Waals surface area contributed by atoms with Crippen molar-refractivity contribution in [2.45, 2.75) is 19.4 Å². The van der Waals surface area contributed by atoms with E-state index in [4.69, 9.17) is 15.2 Å². The molecule has 9 nitrogen and oxygen atoms in total. The maximum absolute atomic E-state index is 11.2. The molecule has 0 atom stereocenters. The Balaban J connectivity index is 1.32. The number of hydrogen-bond donors (Lipinski definition) is 1. The van der Waals surface area contributed by atoms with Gasteiger partial charge in [-0.05, 0) is 43.1 Å². The minimum atomic E-state index is -0.789. The van der Waals surface area contributed by atoms with Crippen molar-refractivity contribution in [2.24, 2.45) is 5.73 Å². The Kier molecular flexibility index (Phi) is 8.05. The van der Waals surface area contributed by atoms with E-state index in [-0.39, 0.29) is 17.2 Å². The largest absolute Gasteiger partial charge is 0.494 e. The van der Waals surface area contributed by atoms with Gasteiger partial charge in [0.2, 0.25) is 0 Å². The number of para-hydroxylation sites is 2. The maximum atomic E-state index is 11.2. The number of ether oxygens (including phenoxy) is 2. The lowest BCUT2D eigenvalue weighted by molar-refractivity contribution is -0.384. The molecule has 0 aliphatic carbocycles. The smallest absolute Gasteiger partial charge is 0.404 e. The van der Waals surface area contributed by atoms with Gasteiger partial charge < -0.3 is 20.1 Å². The molecular weight excluding hydrogens is 400 g/mol. The van der Waals surface area contributed by atoms with Crippen molar-refractivity contribution in [3.05, 3.63) is 64.2 Å². The van der Waals surface area contributed by atoms with Gasteiger partial charge in [0.25, 0.3) is 5.69 Å². The number of anilines is 1. The fourth-order valence-electron chi connectivity index (χ4n) is 3.56. The Morgan fingerprint density at radius 2 is 1.74 bits per heavy atom. The van der Waals surface area contributed by atoms with Crippen molar-refractivity contribution >= 4 is 17.5 Å². The third-order valence-electron chi connectivity index (χ3n) is 5.23. The minimum Gasteiger partial charge on any atom is -0.494 e. The topological polar surface area (TPSA) is 111 Å². The number of nitro groups is 1. The molecule has 1 fully saturated rings. The lowest BCUT2D eigenvalue weighted by atomic mass is 10.2. The second kappa shape index (κ2) is 11.2. The van der Waals surface area contributed by atoms with E-state index in [2.05, 4.69) is 9.80 Å². The maximum Gasteiger partial charge on any atom is 0.404 e. The van der Waals surface area contributed by atoms with Gasteiger partial charge in [-0.25, -0.2) is 4.79 Å². The Morgan fingerprint density at radius 1 is 1.03 bits per heavy atom. The number of nitrogens with two attached hydrogens (primary N) is 1. The first kappa shape index (κ1) is 22.4. The highest BCUT2D eigenvalue weighted by molar-refractivity contribution is 5.64. The fourth-order valence-corrected chi connectivity index (χ4v) is 3.56. The van der Waals surface area contributed by atoms with E-state index in [1.54, 1.807) is 12.1 Å². The van der Waals surface area contributed by atoms with E-state index in [9.17, 15) is 14.9 Å². The SMILES string of the molecule is NC(=O)OCc1ccc(OCCCCN2CCN(c3ccccc3[N+](=O)[O-])CC2)cc1. The number of nitrogens with zero attached hydrogens (tertiary/aromatic N) is 3. The number of carbonyl (C=O) groups is 1. The van der Waals surface area contributed by atoms with E-state index in [1.807, 2.05) is 36.4 Å². The summed E-state index contributed by atoms with van der Waals surface area (Å²) in [6.45, 7) is 5.12. The van der Waals surface area contributed by atoms with Gasteiger partial charge in [0.05, 0.1) is 11.5 Å². The molecule has 2 N–H and O–H groups in total. The number of carbonyl (C=O) groups excluding carboxylic acids is 1. The van der Waals surface area contributed by atoms with Crippen LogP contribution in [0.2, 0.25) is 0 Å². The van der Waals surface area contributed by atoms with Crippen LogP contribution in [0.1, 0.15) is 18.4 Å². The summed E-state index contributed by atoms with van der Waals surface area (Å²) in [6.07, 6.45) is 1.18. The summed E-state index contributed by atoms with van der Waals surface area (Å²) < 4.78 is 10.5. The zero-order chi connectivity index (χ0) is 22.1. The van der Waals surface area contributed by atoms with Gasteiger partial charge in [0.15, 0.2) is 0 Å². The molecular formula is C22H28N4O5. The third kappa shape index (κ3) is 6.85. The van der Waals surface area contributed by atoms with Gasteiger partial charge in [-0.15, -0.1) is 0 Å². The van der Waals surface area contributed by atoms with E-state index in [0.29, 0.717) is 12.3 Å². The second-order valence-electron chi connectivity index (χ2n) is 7.38. The Hall–Kier alpha value is -3.33. The number of unbranched alkanes of at least 4 members (excludes halogenated alkanes) is 1. The van der Waals surface area contributed by atoms with Crippen LogP contribution in [0.5, 0.6) is 5.75 Å². The average Bonchev–Trinajstić information content (AvgIpc) is 2.78. The van der Waals surface area contributed by atoms with Crippen molar-refractivity contribution in [1.82, 2.24) is 4.90 Å². The standard InChI is InChI=1S/C22H28N4O5/c23-22(27)31-17-18-7-9-19(10-8-18)30-16-4-3-11-24-12-14-25(15-13-24)20-5-1-2-6-21(20)26(28)29/h1-2,5-10H,3-4,11-17H2,(H2,23,27). The molecule has 2 aromatic carbocycles. The highest BCUT2D eigenvalue weighted by Gasteiger charge is 2.22. The van der Waals surface area contributed by atoms with Crippen LogP contribution in [0.4, 0.5) is 16.2 Å². The van der Waals surface area contributed by atoms with Gasteiger partial charge in [0.1, 0.15) is 18.0 Å². The Labute approximate surface area is 181 Å². The summed E-state index contributed by atoms with van der Waals surface area (Å²) in [6, 6.07) is 14.3. The molecule has 3 rings (SSSR count). The second-order valence-corrected chi connectivity index (χ2v) is 7.38. The fraction of sp³-hybridized carbons (Fsp3) is 0.409. The van der Waals surface area contributed by atoms with Gasteiger partial charge >= 0.3 is 6.09 Å². The first-order chi connectivity index (χ1) is 15.0. The number of primary amides is 1. The average molecular weight is 428 g/mol. The monoisotopic (exact) mass is 428 g/mol. The van der Waals surface area contributed by atoms with Crippen LogP contribution >= 0.6 is 0 Å². The number of rotatable bonds is 10. The molecule has 1 heterocycles. The quantitative estimate of drug-likeness (QED) is 0.351. The number of amides is 1. The van der Waals surface area contributed by atoms with E-state index in [0.717, 1.165) is 56.9 Å². The molecule has 0 unspecified atom stereocenters. The molecule has 1 aliphatic rings. The van der Waals surface area contributed by atoms with Crippen LogP contribution in [0.25, 0.3) is 0 Å². The first-order valence-corrected chi connectivity index (χ1v) is 10.4. The molecule has 31 heavy (non-hydrogen) atoms. The van der Waals surface area contributed by atoms with Crippen molar-refractivity contribution in [2.75, 3.05) is 44.2 Å². The highest BCUT2D eigenvalue weighted by atomic mass is 16.6. The molecule has 0 radical (unpaired) electrons. The molecule has 166 valence electrons. The zero-order valence-electron chi connectivity index (χ0n) is 17.4. The Bertz CT molecular complexity index is 866. The molecule has 1 aliphatic heterocycles. The normalized spacial score (nSPS) is 14.3. The summed E-state index contributed by atoms with van der Waals surface area (Å²) in [7, 11) is 0. The summed E-state index contributed by atoms with van der Waals surface area (Å²) in [5.41, 5.74) is 6.67. The van der Waals surface area contributed by atoms with Gasteiger partial charge in [-0.2, -0.15) is 0 Å². The lowest BCUT2D eigenvalue weighted by Gasteiger charge is -2.35. The first-order valence-electron chi connectivity index (χ1n) is 10.4. The van der Waals surface area contributed by atoms with Gasteiger partial charge in [0, 0.05) is 32.2 Å². The molecule has 2 aromatic rings. The van der Waals surface area contributed by atoms with E-state index < -0.39 is 6.09 Å². The molecule has 9 heteroatoms. The third-order valence-corrected chi connectivity index (χ3v) is 5.23. The molecule has 1 amide bonds. The van der Waals surface area contributed by atoms with Crippen LogP contribution in [-0.2, 0) is 11.3 Å². The molecule has 0 aromatic heterocycles. The van der Waals surface area contributed by atoms with Crippen molar-refractivity contribution in [3.8, 4) is 5.75 Å². The number of nitro benzene ring substituents is 1.